The van der Waals surface area contributed by atoms with Gasteiger partial charge in [0.1, 0.15) is 5.82 Å². The maximum Gasteiger partial charge on any atom is 0.123 e. The molecule has 2 fully saturated rings. The first kappa shape index (κ1) is 15.0. The van der Waals surface area contributed by atoms with E-state index in [1.807, 2.05) is 13.0 Å². The average Bonchev–Trinajstić information content (AvgIpc) is 2.90. The number of rotatable bonds is 3. The first-order valence-corrected chi connectivity index (χ1v) is 8.32. The third-order valence-electron chi connectivity index (χ3n) is 5.37. The van der Waals surface area contributed by atoms with Gasteiger partial charge in [0.15, 0.2) is 0 Å². The molecule has 21 heavy (non-hydrogen) atoms. The number of aliphatic hydroxyl groups is 1. The maximum absolute atomic E-state index is 13.2. The van der Waals surface area contributed by atoms with Crippen molar-refractivity contribution in [3.05, 3.63) is 35.1 Å². The number of hydrogen-bond acceptors (Lipinski definition) is 2. The second-order valence-corrected chi connectivity index (χ2v) is 6.77. The Kier molecular flexibility index (Phi) is 4.60. The van der Waals surface area contributed by atoms with Crippen LogP contribution in [0, 0.1) is 18.7 Å². The van der Waals surface area contributed by atoms with Crippen molar-refractivity contribution >= 4 is 0 Å². The minimum atomic E-state index is -0.156. The molecule has 0 aromatic heterocycles. The lowest BCUT2D eigenvalue weighted by molar-refractivity contribution is 0.0201. The van der Waals surface area contributed by atoms with Crippen molar-refractivity contribution in [1.82, 2.24) is 4.90 Å². The van der Waals surface area contributed by atoms with Gasteiger partial charge < -0.3 is 5.11 Å². The molecule has 2 nitrogen and oxygen atoms in total. The Bertz CT molecular complexity index is 490. The van der Waals surface area contributed by atoms with Crippen molar-refractivity contribution in [1.29, 1.82) is 0 Å². The van der Waals surface area contributed by atoms with Crippen LogP contribution in [0.15, 0.2) is 18.2 Å². The van der Waals surface area contributed by atoms with E-state index in [-0.39, 0.29) is 11.9 Å². The van der Waals surface area contributed by atoms with E-state index in [0.29, 0.717) is 12.0 Å². The van der Waals surface area contributed by atoms with Gasteiger partial charge in [0.2, 0.25) is 0 Å². The highest BCUT2D eigenvalue weighted by Crippen LogP contribution is 2.35. The van der Waals surface area contributed by atoms with E-state index in [1.54, 1.807) is 12.1 Å². The third kappa shape index (κ3) is 3.29. The van der Waals surface area contributed by atoms with Gasteiger partial charge in [-0.1, -0.05) is 18.9 Å². The Balaban J connectivity index is 1.71. The number of halogens is 1. The summed E-state index contributed by atoms with van der Waals surface area (Å²) >= 11 is 0. The molecule has 1 aliphatic carbocycles. The minimum Gasteiger partial charge on any atom is -0.393 e. The summed E-state index contributed by atoms with van der Waals surface area (Å²) < 4.78 is 13.2. The summed E-state index contributed by atoms with van der Waals surface area (Å²) in [7, 11) is 0. The smallest absolute Gasteiger partial charge is 0.123 e. The number of aryl methyl sites for hydroxylation is 1. The van der Waals surface area contributed by atoms with Gasteiger partial charge in [-0.3, -0.25) is 4.90 Å². The molecule has 0 bridgehead atoms. The molecule has 0 amide bonds. The molecule has 1 saturated heterocycles. The van der Waals surface area contributed by atoms with Crippen molar-refractivity contribution in [3.63, 3.8) is 0 Å². The zero-order valence-corrected chi connectivity index (χ0v) is 12.9. The van der Waals surface area contributed by atoms with E-state index in [4.69, 9.17) is 0 Å². The van der Waals surface area contributed by atoms with E-state index < -0.39 is 0 Å². The zero-order valence-electron chi connectivity index (χ0n) is 12.9. The molecule has 3 heteroatoms. The molecule has 1 aromatic carbocycles. The minimum absolute atomic E-state index is 0.126. The molecule has 116 valence electrons. The van der Waals surface area contributed by atoms with E-state index in [0.717, 1.165) is 31.5 Å². The van der Waals surface area contributed by atoms with Crippen LogP contribution in [-0.4, -0.2) is 28.7 Å². The summed E-state index contributed by atoms with van der Waals surface area (Å²) in [6.07, 6.45) is 6.83. The second kappa shape index (κ2) is 6.45. The molecule has 1 heterocycles. The van der Waals surface area contributed by atoms with Gasteiger partial charge in [0.05, 0.1) is 6.10 Å². The lowest BCUT2D eigenvalue weighted by Gasteiger charge is -2.37. The first-order chi connectivity index (χ1) is 10.1. The molecule has 3 unspecified atom stereocenters. The van der Waals surface area contributed by atoms with Crippen LogP contribution in [0.2, 0.25) is 0 Å². The van der Waals surface area contributed by atoms with Gasteiger partial charge in [-0.2, -0.15) is 0 Å². The highest BCUT2D eigenvalue weighted by atomic mass is 19.1. The number of benzene rings is 1. The third-order valence-corrected chi connectivity index (χ3v) is 5.37. The molecule has 1 N–H and O–H groups in total. The van der Waals surface area contributed by atoms with Crippen LogP contribution in [0.5, 0.6) is 0 Å². The molecule has 1 aromatic rings. The Morgan fingerprint density at radius 1 is 1.19 bits per heavy atom. The fraction of sp³-hybridized carbons (Fsp3) is 0.667. The topological polar surface area (TPSA) is 23.5 Å². The van der Waals surface area contributed by atoms with Crippen molar-refractivity contribution < 1.29 is 9.50 Å². The molecule has 3 atom stereocenters. The Morgan fingerprint density at radius 3 is 2.76 bits per heavy atom. The monoisotopic (exact) mass is 291 g/mol. The van der Waals surface area contributed by atoms with Crippen LogP contribution in [0.25, 0.3) is 0 Å². The average molecular weight is 291 g/mol. The normalized spacial score (nSPS) is 30.7. The molecule has 2 aliphatic rings. The highest BCUT2D eigenvalue weighted by Gasteiger charge is 2.36. The lowest BCUT2D eigenvalue weighted by atomic mass is 9.80. The predicted octanol–water partition coefficient (Wildman–Crippen LogP) is 3.65. The fourth-order valence-corrected chi connectivity index (χ4v) is 4.18. The maximum atomic E-state index is 13.2. The fourth-order valence-electron chi connectivity index (χ4n) is 4.18. The van der Waals surface area contributed by atoms with Crippen molar-refractivity contribution in [2.24, 2.45) is 5.92 Å². The van der Waals surface area contributed by atoms with E-state index in [9.17, 15) is 9.50 Å². The summed E-state index contributed by atoms with van der Waals surface area (Å²) in [4.78, 5) is 2.51. The van der Waals surface area contributed by atoms with Gasteiger partial charge in [0.25, 0.3) is 0 Å². The van der Waals surface area contributed by atoms with Crippen LogP contribution < -0.4 is 0 Å². The largest absolute Gasteiger partial charge is 0.393 e. The van der Waals surface area contributed by atoms with Gasteiger partial charge in [0, 0.05) is 18.5 Å². The molecular formula is C18H26FNO. The van der Waals surface area contributed by atoms with Gasteiger partial charge in [-0.05, 0) is 62.4 Å². The van der Waals surface area contributed by atoms with Crippen LogP contribution in [0.3, 0.4) is 0 Å². The SMILES string of the molecule is Cc1cc(F)ccc1CN1CCCC1C1CCCCC1O. The Hall–Kier alpha value is -0.930. The summed E-state index contributed by atoms with van der Waals surface area (Å²) in [5.41, 5.74) is 2.25. The van der Waals surface area contributed by atoms with Crippen molar-refractivity contribution in [3.8, 4) is 0 Å². The van der Waals surface area contributed by atoms with Gasteiger partial charge in [-0.15, -0.1) is 0 Å². The quantitative estimate of drug-likeness (QED) is 0.919. The van der Waals surface area contributed by atoms with Gasteiger partial charge >= 0.3 is 0 Å². The predicted molar refractivity (Wildman–Crippen MR) is 82.5 cm³/mol. The molecule has 1 aliphatic heterocycles. The lowest BCUT2D eigenvalue weighted by Crippen LogP contribution is -2.42. The van der Waals surface area contributed by atoms with Crippen LogP contribution in [-0.2, 0) is 6.54 Å². The van der Waals surface area contributed by atoms with Crippen LogP contribution in [0.4, 0.5) is 4.39 Å². The zero-order chi connectivity index (χ0) is 14.8. The standard InChI is InChI=1S/C18H26FNO/c1-13-11-15(19)9-8-14(13)12-20-10-4-6-17(20)16-5-2-3-7-18(16)21/h8-9,11,16-18,21H,2-7,10,12H2,1H3. The number of nitrogens with zero attached hydrogens (tertiary/aromatic N) is 1. The second-order valence-electron chi connectivity index (χ2n) is 6.77. The summed E-state index contributed by atoms with van der Waals surface area (Å²) in [5.74, 6) is 0.277. The Morgan fingerprint density at radius 2 is 2.00 bits per heavy atom. The number of aliphatic hydroxyl groups excluding tert-OH is 1. The summed E-state index contributed by atoms with van der Waals surface area (Å²) in [5, 5.41) is 10.3. The van der Waals surface area contributed by atoms with Crippen LogP contribution in [0.1, 0.15) is 49.7 Å². The number of hydrogen-bond donors (Lipinski definition) is 1. The molecule has 1 saturated carbocycles. The van der Waals surface area contributed by atoms with E-state index >= 15 is 0 Å². The molecule has 3 rings (SSSR count). The van der Waals surface area contributed by atoms with Crippen molar-refractivity contribution in [2.45, 2.75) is 64.1 Å². The van der Waals surface area contributed by atoms with Gasteiger partial charge in [-0.25, -0.2) is 4.39 Å². The van der Waals surface area contributed by atoms with Crippen molar-refractivity contribution in [2.75, 3.05) is 6.54 Å². The Labute approximate surface area is 127 Å². The summed E-state index contributed by atoms with van der Waals surface area (Å²) in [6, 6.07) is 5.60. The molecule has 0 spiro atoms. The summed E-state index contributed by atoms with van der Waals surface area (Å²) in [6.45, 7) is 3.98. The van der Waals surface area contributed by atoms with E-state index in [1.165, 1.54) is 31.2 Å². The number of likely N-dealkylation sites (tertiary alicyclic amines) is 1. The first-order valence-electron chi connectivity index (χ1n) is 8.32. The molecular weight excluding hydrogens is 265 g/mol. The molecule has 0 radical (unpaired) electrons. The van der Waals surface area contributed by atoms with Crippen LogP contribution >= 0.6 is 0 Å². The van der Waals surface area contributed by atoms with E-state index in [2.05, 4.69) is 4.90 Å². The highest BCUT2D eigenvalue weighted by molar-refractivity contribution is 5.26.